The zero-order valence-electron chi connectivity index (χ0n) is 21.4. The number of anilines is 2. The summed E-state index contributed by atoms with van der Waals surface area (Å²) in [7, 11) is 1.56. The van der Waals surface area contributed by atoms with Crippen LogP contribution in [0.15, 0.2) is 18.2 Å². The first-order valence-corrected chi connectivity index (χ1v) is 13.5. The normalized spacial score (nSPS) is 10.6. The second-order valence-corrected chi connectivity index (χ2v) is 8.10. The number of nitrogens with zero attached hydrogens (tertiary/aromatic N) is 5. The highest BCUT2D eigenvalue weighted by Crippen LogP contribution is 2.22. The van der Waals surface area contributed by atoms with E-state index in [1.165, 1.54) is 4.90 Å². The van der Waals surface area contributed by atoms with Crippen LogP contribution in [0.5, 0.6) is 5.75 Å². The number of rotatable bonds is 11. The number of nitrogens with one attached hydrogen (secondary N) is 1. The van der Waals surface area contributed by atoms with Gasteiger partial charge in [-0.2, -0.15) is 0 Å². The Kier molecular flexibility index (Phi) is 12.0. The van der Waals surface area contributed by atoms with Crippen LogP contribution in [0.2, 0.25) is 5.15 Å². The number of imidazole rings is 1. The molecule has 2 amide bonds. The smallest absolute Gasteiger partial charge is 0.277 e. The van der Waals surface area contributed by atoms with Crippen LogP contribution in [0.3, 0.4) is 0 Å². The van der Waals surface area contributed by atoms with Crippen LogP contribution in [0.25, 0.3) is 11.0 Å². The van der Waals surface area contributed by atoms with Crippen molar-refractivity contribution >= 4 is 62.0 Å². The van der Waals surface area contributed by atoms with Crippen LogP contribution in [0, 0.1) is 0 Å². The number of halogens is 2. The third kappa shape index (κ3) is 7.01. The molecule has 1 aromatic carbocycles. The summed E-state index contributed by atoms with van der Waals surface area (Å²) in [5.74, 6) is 1.88. The van der Waals surface area contributed by atoms with E-state index in [-0.39, 0.29) is 67.8 Å². The lowest BCUT2D eigenvalue weighted by Crippen LogP contribution is -2.49. The Bertz CT molecular complexity index is 1270. The molecule has 3 aromatic rings. The maximum atomic E-state index is 13.1. The molecule has 7 N–H and O–H groups in total. The summed E-state index contributed by atoms with van der Waals surface area (Å²) in [5, 5.41) is 21.3. The fourth-order valence-electron chi connectivity index (χ4n) is 3.91. The van der Waals surface area contributed by atoms with Crippen LogP contribution in [-0.4, -0.2) is 80.7 Å². The lowest BCUT2D eigenvalue weighted by Gasteiger charge is -2.20. The number of fused-ring (bicyclic) bond motifs is 1. The van der Waals surface area contributed by atoms with Gasteiger partial charge >= 0.3 is 0 Å². The summed E-state index contributed by atoms with van der Waals surface area (Å²) in [6.45, 7) is 2.09. The molecule has 2 aromatic heterocycles. The first-order chi connectivity index (χ1) is 18.2. The number of nitrogen functional groups attached to an aromatic ring is 2. The van der Waals surface area contributed by atoms with Gasteiger partial charge in [-0.1, -0.05) is 27.5 Å². The SMILES string of the molecule is CBr.CCn1c(CNC(=O)c2nc(Cl)c(N)nc2N)[n+](CC(=O)N(CCO)CCO)c2ccc(OC)cc21. The summed E-state index contributed by atoms with van der Waals surface area (Å²) < 4.78 is 9.08. The van der Waals surface area contributed by atoms with E-state index in [0.717, 1.165) is 11.0 Å². The van der Waals surface area contributed by atoms with Crippen molar-refractivity contribution in [3.8, 4) is 5.75 Å². The van der Waals surface area contributed by atoms with E-state index in [1.54, 1.807) is 17.7 Å². The van der Waals surface area contributed by atoms with Gasteiger partial charge in [0.25, 0.3) is 17.6 Å². The minimum Gasteiger partial charge on any atom is -0.497 e. The second-order valence-electron chi connectivity index (χ2n) is 7.75. The van der Waals surface area contributed by atoms with E-state index in [0.29, 0.717) is 18.1 Å². The fourth-order valence-corrected chi connectivity index (χ4v) is 4.03. The fraction of sp³-hybridized carbons (Fsp3) is 0.435. The number of aliphatic hydroxyl groups excluding tert-OH is 2. The topological polar surface area (TPSA) is 186 Å². The van der Waals surface area contributed by atoms with Crippen molar-refractivity contribution in [3.05, 3.63) is 34.9 Å². The molecular weight excluding hydrogens is 584 g/mol. The van der Waals surface area contributed by atoms with E-state index >= 15 is 0 Å². The first-order valence-electron chi connectivity index (χ1n) is 11.6. The Balaban J connectivity index is 0.00000247. The molecule has 0 aliphatic rings. The lowest BCUT2D eigenvalue weighted by molar-refractivity contribution is -0.668. The number of hydrogen-bond acceptors (Lipinski definition) is 9. The number of alkyl halides is 1. The molecule has 15 heteroatoms. The Labute approximate surface area is 233 Å². The largest absolute Gasteiger partial charge is 0.497 e. The lowest BCUT2D eigenvalue weighted by atomic mass is 10.3. The van der Waals surface area contributed by atoms with Gasteiger partial charge in [0.1, 0.15) is 12.3 Å². The van der Waals surface area contributed by atoms with Crippen LogP contribution >= 0.6 is 27.5 Å². The molecule has 208 valence electrons. The maximum absolute atomic E-state index is 13.1. The maximum Gasteiger partial charge on any atom is 0.277 e. The molecular formula is C23H33BrClN8O5+. The van der Waals surface area contributed by atoms with Crippen molar-refractivity contribution in [2.45, 2.75) is 26.6 Å². The van der Waals surface area contributed by atoms with E-state index < -0.39 is 5.91 Å². The Morgan fingerprint density at radius 2 is 1.84 bits per heavy atom. The zero-order valence-corrected chi connectivity index (χ0v) is 23.8. The third-order valence-electron chi connectivity index (χ3n) is 5.62. The Hall–Kier alpha value is -3.20. The van der Waals surface area contributed by atoms with Crippen LogP contribution in [0.4, 0.5) is 11.6 Å². The number of aryl methyl sites for hydroxylation is 1. The average Bonchev–Trinajstić information content (AvgIpc) is 3.21. The molecule has 0 fully saturated rings. The number of benzene rings is 1. The van der Waals surface area contributed by atoms with E-state index in [1.807, 2.05) is 29.5 Å². The van der Waals surface area contributed by atoms with Gasteiger partial charge in [-0.15, -0.1) is 0 Å². The summed E-state index contributed by atoms with van der Waals surface area (Å²) in [6.07, 6.45) is 0. The highest BCUT2D eigenvalue weighted by Gasteiger charge is 2.29. The van der Waals surface area contributed by atoms with Crippen molar-refractivity contribution in [1.29, 1.82) is 0 Å². The highest BCUT2D eigenvalue weighted by atomic mass is 79.9. The molecule has 0 spiro atoms. The number of aromatic nitrogens is 4. The zero-order chi connectivity index (χ0) is 28.4. The molecule has 0 aliphatic carbocycles. The van der Waals surface area contributed by atoms with E-state index in [2.05, 4.69) is 31.2 Å². The molecule has 2 heterocycles. The van der Waals surface area contributed by atoms with Gasteiger partial charge in [-0.3, -0.25) is 9.59 Å². The molecule has 0 bridgehead atoms. The van der Waals surface area contributed by atoms with Crippen molar-refractivity contribution < 1.29 is 29.1 Å². The van der Waals surface area contributed by atoms with Gasteiger partial charge in [-0.05, 0) is 24.9 Å². The highest BCUT2D eigenvalue weighted by molar-refractivity contribution is 9.08. The third-order valence-corrected chi connectivity index (χ3v) is 5.89. The molecule has 0 saturated heterocycles. The van der Waals surface area contributed by atoms with Gasteiger partial charge < -0.3 is 36.6 Å². The summed E-state index contributed by atoms with van der Waals surface area (Å²) >= 11 is 8.85. The Morgan fingerprint density at radius 1 is 1.18 bits per heavy atom. The molecule has 0 unspecified atom stereocenters. The summed E-state index contributed by atoms with van der Waals surface area (Å²) in [4.78, 5) is 35.1. The molecule has 0 radical (unpaired) electrons. The number of methoxy groups -OCH3 is 1. The van der Waals surface area contributed by atoms with Gasteiger partial charge in [0.15, 0.2) is 40.1 Å². The van der Waals surface area contributed by atoms with Crippen LogP contribution in [-0.2, 0) is 24.4 Å². The molecule has 3 rings (SSSR count). The average molecular weight is 617 g/mol. The number of aliphatic hydroxyl groups is 2. The molecule has 0 atom stereocenters. The standard InChI is InChI=1S/C22H29ClN8O5.CH3Br/c1-3-30-15-10-13(36-2)4-5-14(15)31(12-17(34)29(6-8-32)7-9-33)16(30)11-26-22(35)18-20(24)28-21(25)19(23)27-18;1-2/h4-5,10,32-33H,3,6-9,11-12H2,1-2H3,(H4-,24,25,26,28,35);1H3/p+1. The molecule has 0 saturated carbocycles. The number of ether oxygens (including phenoxy) is 1. The van der Waals surface area contributed by atoms with Crippen molar-refractivity contribution in [2.75, 3.05) is 50.7 Å². The predicted molar refractivity (Wildman–Crippen MR) is 147 cm³/mol. The van der Waals surface area contributed by atoms with Gasteiger partial charge in [-0.25, -0.2) is 19.1 Å². The monoisotopic (exact) mass is 615 g/mol. The van der Waals surface area contributed by atoms with Crippen molar-refractivity contribution in [1.82, 2.24) is 24.8 Å². The van der Waals surface area contributed by atoms with Gasteiger partial charge in [0, 0.05) is 19.2 Å². The van der Waals surface area contributed by atoms with Crippen molar-refractivity contribution in [3.63, 3.8) is 0 Å². The quantitative estimate of drug-likeness (QED) is 0.149. The second kappa shape index (κ2) is 14.7. The van der Waals surface area contributed by atoms with E-state index in [4.69, 9.17) is 27.8 Å². The number of carbonyl (C=O) groups excluding carboxylic acids is 2. The molecule has 0 aliphatic heterocycles. The van der Waals surface area contributed by atoms with Gasteiger partial charge in [0.2, 0.25) is 0 Å². The summed E-state index contributed by atoms with van der Waals surface area (Å²) in [6, 6.07) is 5.44. The van der Waals surface area contributed by atoms with Crippen LogP contribution < -0.4 is 26.1 Å². The molecule has 13 nitrogen and oxygen atoms in total. The van der Waals surface area contributed by atoms with Gasteiger partial charge in [0.05, 0.1) is 26.9 Å². The number of carbonyl (C=O) groups is 2. The van der Waals surface area contributed by atoms with E-state index in [9.17, 15) is 19.8 Å². The minimum atomic E-state index is -0.618. The van der Waals surface area contributed by atoms with Crippen LogP contribution in [0.1, 0.15) is 23.2 Å². The number of amides is 2. The Morgan fingerprint density at radius 3 is 2.42 bits per heavy atom. The molecule has 38 heavy (non-hydrogen) atoms. The van der Waals surface area contributed by atoms with Crippen molar-refractivity contribution in [2.24, 2.45) is 0 Å². The number of nitrogens with two attached hydrogens (primary N) is 2. The summed E-state index contributed by atoms with van der Waals surface area (Å²) in [5.41, 5.74) is 12.8. The minimum absolute atomic E-state index is 0.0140. The number of hydrogen-bond donors (Lipinski definition) is 5. The first kappa shape index (κ1) is 31.0. The predicted octanol–water partition coefficient (Wildman–Crippen LogP) is 0.319.